The second kappa shape index (κ2) is 8.15. The van der Waals surface area contributed by atoms with Gasteiger partial charge in [-0.3, -0.25) is 0 Å². The Morgan fingerprint density at radius 2 is 1.95 bits per heavy atom. The molecule has 22 heavy (non-hydrogen) atoms. The van der Waals surface area contributed by atoms with Crippen LogP contribution in [0, 0.1) is 5.92 Å². The third-order valence-electron chi connectivity index (χ3n) is 4.22. The van der Waals surface area contributed by atoms with E-state index in [4.69, 9.17) is 4.74 Å². The number of carbonyl (C=O) groups is 1. The highest BCUT2D eigenvalue weighted by atomic mass is 16.5. The second-order valence-electron chi connectivity index (χ2n) is 6.12. The number of aliphatic hydroxyl groups excluding tert-OH is 1. The van der Waals surface area contributed by atoms with Crippen LogP contribution in [0.15, 0.2) is 24.3 Å². The lowest BCUT2D eigenvalue weighted by Gasteiger charge is -2.28. The number of carbonyl (C=O) groups excluding carboxylic acids is 1. The van der Waals surface area contributed by atoms with E-state index < -0.39 is 6.10 Å². The van der Waals surface area contributed by atoms with E-state index in [2.05, 4.69) is 11.7 Å². The lowest BCUT2D eigenvalue weighted by atomic mass is 9.99. The maximum atomic E-state index is 11.3. The molecule has 0 radical (unpaired) electrons. The molecule has 1 saturated heterocycles. The molecule has 122 valence electrons. The third-order valence-corrected chi connectivity index (χ3v) is 4.22. The maximum Gasteiger partial charge on any atom is 0.337 e. The van der Waals surface area contributed by atoms with Gasteiger partial charge in [-0.25, -0.2) is 4.79 Å². The van der Waals surface area contributed by atoms with E-state index in [1.165, 1.54) is 24.9 Å². The summed E-state index contributed by atoms with van der Waals surface area (Å²) in [5, 5.41) is 10.1. The molecule has 0 aliphatic carbocycles. The van der Waals surface area contributed by atoms with Crippen molar-refractivity contribution in [3.05, 3.63) is 29.8 Å². The van der Waals surface area contributed by atoms with Crippen molar-refractivity contribution < 1.29 is 24.3 Å². The van der Waals surface area contributed by atoms with Crippen molar-refractivity contribution >= 4 is 5.97 Å². The fourth-order valence-electron chi connectivity index (χ4n) is 2.76. The number of ether oxygens (including phenoxy) is 2. The van der Waals surface area contributed by atoms with Crippen LogP contribution in [-0.4, -0.2) is 50.5 Å². The average molecular weight is 308 g/mol. The summed E-state index contributed by atoms with van der Waals surface area (Å²) < 4.78 is 10.2. The molecule has 1 atom stereocenters. The fourth-order valence-corrected chi connectivity index (χ4v) is 2.76. The third kappa shape index (κ3) is 5.00. The second-order valence-corrected chi connectivity index (χ2v) is 6.12. The Kier molecular flexibility index (Phi) is 6.21. The van der Waals surface area contributed by atoms with E-state index in [0.717, 1.165) is 25.6 Å². The number of nitrogens with one attached hydrogen (secondary N) is 1. The average Bonchev–Trinajstić information content (AvgIpc) is 2.55. The Bertz CT molecular complexity index is 466. The van der Waals surface area contributed by atoms with Gasteiger partial charge < -0.3 is 19.5 Å². The predicted molar refractivity (Wildman–Crippen MR) is 83.2 cm³/mol. The first-order chi connectivity index (χ1) is 10.6. The highest BCUT2D eigenvalue weighted by molar-refractivity contribution is 5.89. The molecule has 2 N–H and O–H groups in total. The Morgan fingerprint density at radius 3 is 2.55 bits per heavy atom. The monoisotopic (exact) mass is 308 g/mol. The number of aliphatic hydroxyl groups is 1. The molecule has 1 heterocycles. The zero-order chi connectivity index (χ0) is 15.9. The van der Waals surface area contributed by atoms with Gasteiger partial charge in [0, 0.05) is 0 Å². The summed E-state index contributed by atoms with van der Waals surface area (Å²) in [5.74, 6) is 1.09. The topological polar surface area (TPSA) is 60.2 Å². The summed E-state index contributed by atoms with van der Waals surface area (Å²) in [4.78, 5) is 12.8. The van der Waals surface area contributed by atoms with Gasteiger partial charge >= 0.3 is 5.97 Å². The summed E-state index contributed by atoms with van der Waals surface area (Å²) in [6.07, 6.45) is 2.00. The Labute approximate surface area is 131 Å². The van der Waals surface area contributed by atoms with Crippen molar-refractivity contribution in [2.75, 3.05) is 33.4 Å². The lowest BCUT2D eigenvalue weighted by molar-refractivity contribution is -0.909. The minimum absolute atomic E-state index is 0.274. The van der Waals surface area contributed by atoms with Gasteiger partial charge in [-0.15, -0.1) is 0 Å². The molecule has 1 aliphatic heterocycles. The first-order valence-corrected chi connectivity index (χ1v) is 7.91. The molecule has 0 spiro atoms. The molecule has 1 aromatic rings. The summed E-state index contributed by atoms with van der Waals surface area (Å²) in [5.41, 5.74) is 0.488. The number of likely N-dealkylation sites (tertiary alicyclic amines) is 1. The van der Waals surface area contributed by atoms with Gasteiger partial charge in [-0.1, -0.05) is 6.92 Å². The van der Waals surface area contributed by atoms with E-state index in [1.807, 2.05) is 0 Å². The normalized spacial score (nSPS) is 22.9. The number of methoxy groups -OCH3 is 1. The van der Waals surface area contributed by atoms with Crippen LogP contribution in [-0.2, 0) is 4.74 Å². The maximum absolute atomic E-state index is 11.3. The first kappa shape index (κ1) is 16.8. The van der Waals surface area contributed by atoms with E-state index in [0.29, 0.717) is 11.3 Å². The number of rotatable bonds is 6. The summed E-state index contributed by atoms with van der Waals surface area (Å²) in [6, 6.07) is 6.75. The molecular formula is C17H26NO4+. The molecule has 0 saturated carbocycles. The van der Waals surface area contributed by atoms with Crippen LogP contribution < -0.4 is 9.64 Å². The van der Waals surface area contributed by atoms with Gasteiger partial charge in [-0.2, -0.15) is 0 Å². The Hall–Kier alpha value is -1.59. The predicted octanol–water partition coefficient (Wildman–Crippen LogP) is 0.528. The van der Waals surface area contributed by atoms with Crippen molar-refractivity contribution in [3.63, 3.8) is 0 Å². The molecular weight excluding hydrogens is 282 g/mol. The van der Waals surface area contributed by atoms with Gasteiger partial charge in [0.2, 0.25) is 0 Å². The van der Waals surface area contributed by atoms with Crippen LogP contribution in [0.1, 0.15) is 30.1 Å². The molecule has 0 amide bonds. The van der Waals surface area contributed by atoms with Crippen molar-refractivity contribution in [3.8, 4) is 5.75 Å². The van der Waals surface area contributed by atoms with Crippen LogP contribution in [0.5, 0.6) is 5.75 Å². The largest absolute Gasteiger partial charge is 0.491 e. The SMILES string of the molecule is COC(=O)c1ccc(OC[C@H](O)C[NH+]2CCC(C)CC2)cc1. The van der Waals surface area contributed by atoms with E-state index in [1.54, 1.807) is 24.3 Å². The number of hydrogen-bond acceptors (Lipinski definition) is 4. The van der Waals surface area contributed by atoms with Crippen LogP contribution in [0.3, 0.4) is 0 Å². The van der Waals surface area contributed by atoms with Gasteiger partial charge in [0.25, 0.3) is 0 Å². The van der Waals surface area contributed by atoms with Crippen molar-refractivity contribution in [1.29, 1.82) is 0 Å². The van der Waals surface area contributed by atoms with Crippen molar-refractivity contribution in [2.45, 2.75) is 25.9 Å². The minimum atomic E-state index is -0.469. The molecule has 0 aromatic heterocycles. The summed E-state index contributed by atoms with van der Waals surface area (Å²) >= 11 is 0. The van der Waals surface area contributed by atoms with Crippen LogP contribution in [0.4, 0.5) is 0 Å². The Morgan fingerprint density at radius 1 is 1.32 bits per heavy atom. The van der Waals surface area contributed by atoms with Gasteiger partial charge in [0.15, 0.2) is 0 Å². The molecule has 0 bridgehead atoms. The highest BCUT2D eigenvalue weighted by Gasteiger charge is 2.21. The zero-order valence-electron chi connectivity index (χ0n) is 13.4. The lowest BCUT2D eigenvalue weighted by Crippen LogP contribution is -3.14. The summed E-state index contributed by atoms with van der Waals surface area (Å²) in [6.45, 7) is 5.55. The standard InChI is InChI=1S/C17H25NO4/c1-13-7-9-18(10-8-13)11-15(19)12-22-16-5-3-14(4-6-16)17(20)21-2/h3-6,13,15,19H,7-12H2,1-2H3/p+1/t15-/m1/s1. The number of piperidine rings is 1. The molecule has 5 nitrogen and oxygen atoms in total. The first-order valence-electron chi connectivity index (χ1n) is 7.91. The van der Waals surface area contributed by atoms with E-state index in [-0.39, 0.29) is 12.6 Å². The number of esters is 1. The minimum Gasteiger partial charge on any atom is -0.491 e. The molecule has 0 unspecified atom stereocenters. The number of hydrogen-bond donors (Lipinski definition) is 2. The van der Waals surface area contributed by atoms with Gasteiger partial charge in [-0.05, 0) is 43.0 Å². The quantitative estimate of drug-likeness (QED) is 0.753. The molecule has 2 rings (SSSR count). The fraction of sp³-hybridized carbons (Fsp3) is 0.588. The number of benzene rings is 1. The summed E-state index contributed by atoms with van der Waals surface area (Å²) in [7, 11) is 1.35. The number of quaternary nitrogens is 1. The zero-order valence-corrected chi connectivity index (χ0v) is 13.4. The van der Waals surface area contributed by atoms with Gasteiger partial charge in [0.1, 0.15) is 25.0 Å². The van der Waals surface area contributed by atoms with Crippen LogP contribution in [0.2, 0.25) is 0 Å². The van der Waals surface area contributed by atoms with Crippen molar-refractivity contribution in [2.24, 2.45) is 5.92 Å². The van der Waals surface area contributed by atoms with Crippen molar-refractivity contribution in [1.82, 2.24) is 0 Å². The van der Waals surface area contributed by atoms with E-state index in [9.17, 15) is 9.90 Å². The highest BCUT2D eigenvalue weighted by Crippen LogP contribution is 2.13. The van der Waals surface area contributed by atoms with Crippen LogP contribution >= 0.6 is 0 Å². The Balaban J connectivity index is 1.74. The smallest absolute Gasteiger partial charge is 0.337 e. The van der Waals surface area contributed by atoms with Gasteiger partial charge in [0.05, 0.1) is 25.8 Å². The molecule has 5 heteroatoms. The molecule has 1 aliphatic rings. The van der Waals surface area contributed by atoms with Crippen LogP contribution in [0.25, 0.3) is 0 Å². The molecule has 1 fully saturated rings. The molecule has 1 aromatic carbocycles. The van der Waals surface area contributed by atoms with E-state index >= 15 is 0 Å².